The van der Waals surface area contributed by atoms with Crippen LogP contribution in [0.15, 0.2) is 30.6 Å². The third-order valence-electron chi connectivity index (χ3n) is 4.18. The number of ether oxygens (including phenoxy) is 1. The molecule has 3 aromatic rings. The number of anilines is 1. The Labute approximate surface area is 171 Å². The van der Waals surface area contributed by atoms with Crippen molar-refractivity contribution in [2.45, 2.75) is 34.0 Å². The normalized spacial score (nSPS) is 10.8. The number of nitrogens with zero attached hydrogens (tertiary/aromatic N) is 5. The number of amides is 1. The summed E-state index contributed by atoms with van der Waals surface area (Å²) in [5.41, 5.74) is 2.97. The Hall–Kier alpha value is -3.40. The number of nitro groups is 1. The van der Waals surface area contributed by atoms with E-state index in [9.17, 15) is 14.9 Å². The van der Waals surface area contributed by atoms with Crippen LogP contribution in [0, 0.1) is 30.9 Å². The molecular formula is C18H19ClN6O4. The summed E-state index contributed by atoms with van der Waals surface area (Å²) in [4.78, 5) is 22.4. The van der Waals surface area contributed by atoms with Gasteiger partial charge in [-0.15, -0.1) is 0 Å². The van der Waals surface area contributed by atoms with Gasteiger partial charge in [0.1, 0.15) is 12.3 Å². The predicted octanol–water partition coefficient (Wildman–Crippen LogP) is 3.24. The van der Waals surface area contributed by atoms with E-state index in [0.29, 0.717) is 11.4 Å². The number of halogens is 1. The van der Waals surface area contributed by atoms with Gasteiger partial charge < -0.3 is 20.2 Å². The number of aryl methyl sites for hydroxylation is 2. The van der Waals surface area contributed by atoms with Crippen LogP contribution in [0.25, 0.3) is 0 Å². The second-order valence-corrected chi connectivity index (χ2v) is 6.87. The lowest BCUT2D eigenvalue weighted by Crippen LogP contribution is -2.20. The fourth-order valence-electron chi connectivity index (χ4n) is 2.71. The minimum absolute atomic E-state index is 0.0841. The van der Waals surface area contributed by atoms with Crippen molar-refractivity contribution in [2.24, 2.45) is 0 Å². The summed E-state index contributed by atoms with van der Waals surface area (Å²) in [7, 11) is 0. The van der Waals surface area contributed by atoms with Crippen LogP contribution in [-0.4, -0.2) is 30.4 Å². The van der Waals surface area contributed by atoms with E-state index in [1.165, 1.54) is 15.6 Å². The highest BCUT2D eigenvalue weighted by Gasteiger charge is 2.25. The average Bonchev–Trinajstić information content (AvgIpc) is 3.20. The Morgan fingerprint density at radius 1 is 1.34 bits per heavy atom. The molecule has 0 spiro atoms. The third-order valence-corrected chi connectivity index (χ3v) is 4.63. The Morgan fingerprint density at radius 2 is 2.10 bits per heavy atom. The van der Waals surface area contributed by atoms with Crippen molar-refractivity contribution >= 4 is 29.0 Å². The third kappa shape index (κ3) is 4.72. The van der Waals surface area contributed by atoms with Gasteiger partial charge in [0, 0.05) is 0 Å². The van der Waals surface area contributed by atoms with Crippen LogP contribution in [0.5, 0.6) is 5.75 Å². The zero-order chi connectivity index (χ0) is 21.1. The average molecular weight is 419 g/mol. The van der Waals surface area contributed by atoms with E-state index in [2.05, 4.69) is 15.5 Å². The minimum Gasteiger partial charge on any atom is -0.471 e. The smallest absolute Gasteiger partial charge is 0.408 e. The predicted molar refractivity (Wildman–Crippen MR) is 106 cm³/mol. The van der Waals surface area contributed by atoms with Crippen molar-refractivity contribution in [3.8, 4) is 5.75 Å². The highest BCUT2D eigenvalue weighted by Crippen LogP contribution is 2.26. The molecular weight excluding hydrogens is 400 g/mol. The van der Waals surface area contributed by atoms with Crippen LogP contribution in [0.4, 0.5) is 11.5 Å². The zero-order valence-electron chi connectivity index (χ0n) is 16.0. The molecule has 0 aliphatic heterocycles. The van der Waals surface area contributed by atoms with Gasteiger partial charge in [-0.1, -0.05) is 29.3 Å². The van der Waals surface area contributed by atoms with Crippen LogP contribution < -0.4 is 10.1 Å². The molecule has 0 saturated carbocycles. The van der Waals surface area contributed by atoms with Gasteiger partial charge in [-0.05, 0) is 37.3 Å². The molecule has 3 rings (SSSR count). The van der Waals surface area contributed by atoms with E-state index in [0.717, 1.165) is 16.9 Å². The highest BCUT2D eigenvalue weighted by atomic mass is 35.5. The number of rotatable bonds is 7. The molecule has 0 unspecified atom stereocenters. The summed E-state index contributed by atoms with van der Waals surface area (Å²) in [5, 5.41) is 21.4. The van der Waals surface area contributed by atoms with Crippen molar-refractivity contribution in [3.05, 3.63) is 62.6 Å². The number of carbonyl (C=O) groups is 1. The quantitative estimate of drug-likeness (QED) is 0.465. The van der Waals surface area contributed by atoms with Gasteiger partial charge in [0.05, 0.1) is 28.9 Å². The number of carbonyl (C=O) groups excluding carboxylic acids is 1. The summed E-state index contributed by atoms with van der Waals surface area (Å²) in [5.74, 6) is -0.144. The Morgan fingerprint density at radius 3 is 2.76 bits per heavy atom. The van der Waals surface area contributed by atoms with E-state index in [1.807, 2.05) is 32.0 Å². The maximum absolute atomic E-state index is 12.2. The number of nitrogens with one attached hydrogen (secondary N) is 1. The summed E-state index contributed by atoms with van der Waals surface area (Å²) >= 11 is 5.88. The summed E-state index contributed by atoms with van der Waals surface area (Å²) in [6.07, 6.45) is 3.10. The van der Waals surface area contributed by atoms with E-state index in [1.54, 1.807) is 13.1 Å². The van der Waals surface area contributed by atoms with Crippen LogP contribution in [0.2, 0.25) is 5.02 Å². The van der Waals surface area contributed by atoms with Gasteiger partial charge in [-0.3, -0.25) is 4.79 Å². The van der Waals surface area contributed by atoms with Gasteiger partial charge in [0.25, 0.3) is 0 Å². The molecule has 0 aliphatic rings. The molecule has 0 aliphatic carbocycles. The van der Waals surface area contributed by atoms with Crippen molar-refractivity contribution < 1.29 is 14.5 Å². The standard InChI is InChI=1S/C18H19ClN6O4/c1-11-4-5-15(12(2)6-11)29-10-23-8-14(7-20-23)21-16(26)9-24-13(3)17(19)18(22-24)25(27)28/h4-8H,9-10H2,1-3H3,(H,21,26). The van der Waals surface area contributed by atoms with Crippen molar-refractivity contribution in [2.75, 3.05) is 5.32 Å². The first-order valence-corrected chi connectivity index (χ1v) is 9.02. The van der Waals surface area contributed by atoms with Crippen LogP contribution >= 0.6 is 11.6 Å². The largest absolute Gasteiger partial charge is 0.471 e. The molecule has 11 heteroatoms. The van der Waals surface area contributed by atoms with Gasteiger partial charge in [-0.25, -0.2) is 4.68 Å². The molecule has 1 N–H and O–H groups in total. The van der Waals surface area contributed by atoms with Crippen molar-refractivity contribution in [1.29, 1.82) is 0 Å². The van der Waals surface area contributed by atoms with Crippen molar-refractivity contribution in [1.82, 2.24) is 19.6 Å². The van der Waals surface area contributed by atoms with Crippen LogP contribution in [0.1, 0.15) is 16.8 Å². The molecule has 0 bridgehead atoms. The van der Waals surface area contributed by atoms with E-state index < -0.39 is 16.6 Å². The number of aromatic nitrogens is 4. The van der Waals surface area contributed by atoms with Gasteiger partial charge in [-0.2, -0.15) is 9.78 Å². The maximum atomic E-state index is 12.2. The van der Waals surface area contributed by atoms with Crippen molar-refractivity contribution in [3.63, 3.8) is 0 Å². The maximum Gasteiger partial charge on any atom is 0.408 e. The van der Waals surface area contributed by atoms with Crippen LogP contribution in [0.3, 0.4) is 0 Å². The first-order chi connectivity index (χ1) is 13.7. The monoisotopic (exact) mass is 418 g/mol. The second-order valence-electron chi connectivity index (χ2n) is 6.50. The number of benzene rings is 1. The fourth-order valence-corrected chi connectivity index (χ4v) is 2.92. The first kappa shape index (κ1) is 20.3. The molecule has 10 nitrogen and oxygen atoms in total. The molecule has 1 aromatic carbocycles. The molecule has 152 valence electrons. The van der Waals surface area contributed by atoms with Gasteiger partial charge in [0.15, 0.2) is 11.8 Å². The molecule has 2 aromatic heterocycles. The van der Waals surface area contributed by atoms with Crippen LogP contribution in [-0.2, 0) is 18.1 Å². The lowest BCUT2D eigenvalue weighted by molar-refractivity contribution is -0.389. The molecule has 2 heterocycles. The Bertz CT molecular complexity index is 1070. The first-order valence-electron chi connectivity index (χ1n) is 8.64. The topological polar surface area (TPSA) is 117 Å². The lowest BCUT2D eigenvalue weighted by atomic mass is 10.1. The van der Waals surface area contributed by atoms with E-state index in [4.69, 9.17) is 16.3 Å². The van der Waals surface area contributed by atoms with E-state index in [-0.39, 0.29) is 18.3 Å². The summed E-state index contributed by atoms with van der Waals surface area (Å²) in [6, 6.07) is 5.89. The molecule has 1 amide bonds. The minimum atomic E-state index is -0.691. The fraction of sp³-hybridized carbons (Fsp3) is 0.278. The Balaban J connectivity index is 1.59. The van der Waals surface area contributed by atoms with Gasteiger partial charge in [0.2, 0.25) is 5.91 Å². The lowest BCUT2D eigenvalue weighted by Gasteiger charge is -2.09. The molecule has 0 saturated heterocycles. The Kier molecular flexibility index (Phi) is 5.83. The molecule has 0 atom stereocenters. The second kappa shape index (κ2) is 8.31. The summed E-state index contributed by atoms with van der Waals surface area (Å²) < 4.78 is 8.46. The van der Waals surface area contributed by atoms with Gasteiger partial charge >= 0.3 is 5.82 Å². The highest BCUT2D eigenvalue weighted by molar-refractivity contribution is 6.33. The molecule has 29 heavy (non-hydrogen) atoms. The molecule has 0 fully saturated rings. The molecule has 0 radical (unpaired) electrons. The summed E-state index contributed by atoms with van der Waals surface area (Å²) in [6.45, 7) is 5.49. The number of hydrogen-bond acceptors (Lipinski definition) is 6. The zero-order valence-corrected chi connectivity index (χ0v) is 16.8. The SMILES string of the molecule is Cc1ccc(OCn2cc(NC(=O)Cn3nc([N+](=O)[O-])c(Cl)c3C)cn2)c(C)c1. The number of hydrogen-bond donors (Lipinski definition) is 1. The van der Waals surface area contributed by atoms with E-state index >= 15 is 0 Å².